The summed E-state index contributed by atoms with van der Waals surface area (Å²) in [4.78, 5) is 22.6. The van der Waals surface area contributed by atoms with Crippen LogP contribution < -0.4 is 5.32 Å². The number of carboxylic acid groups (broad SMARTS) is 1. The van der Waals surface area contributed by atoms with Crippen LogP contribution in [0.2, 0.25) is 0 Å². The van der Waals surface area contributed by atoms with Gasteiger partial charge in [-0.2, -0.15) is 0 Å². The third-order valence-corrected chi connectivity index (χ3v) is 2.75. The van der Waals surface area contributed by atoms with Gasteiger partial charge in [0.05, 0.1) is 6.42 Å². The lowest BCUT2D eigenvalue weighted by Crippen LogP contribution is -2.40. The largest absolute Gasteiger partial charge is 0.504 e. The molecule has 0 saturated heterocycles. The summed E-state index contributed by atoms with van der Waals surface area (Å²) in [6.07, 6.45) is -0.173. The molecule has 1 unspecified atom stereocenters. The molecule has 1 aromatic carbocycles. The molecule has 19 heavy (non-hydrogen) atoms. The number of carbonyl (C=O) groups is 2. The van der Waals surface area contributed by atoms with Gasteiger partial charge in [-0.15, -0.1) is 0 Å². The average Bonchev–Trinajstić information content (AvgIpc) is 2.31. The first-order valence-corrected chi connectivity index (χ1v) is 5.86. The normalized spacial score (nSPS) is 12.2. The molecule has 1 rings (SSSR count). The Labute approximate surface area is 110 Å². The van der Waals surface area contributed by atoms with Crippen molar-refractivity contribution in [3.8, 4) is 11.5 Å². The third kappa shape index (κ3) is 4.17. The fraction of sp³-hybridized carbons (Fsp3) is 0.385. The summed E-state index contributed by atoms with van der Waals surface area (Å²) in [7, 11) is 0. The van der Waals surface area contributed by atoms with E-state index in [1.807, 2.05) is 13.8 Å². The smallest absolute Gasteiger partial charge is 0.305 e. The fourth-order valence-electron chi connectivity index (χ4n) is 1.56. The van der Waals surface area contributed by atoms with Gasteiger partial charge in [-0.05, 0) is 24.1 Å². The molecule has 0 aromatic heterocycles. The highest BCUT2D eigenvalue weighted by molar-refractivity contribution is 5.95. The van der Waals surface area contributed by atoms with Crippen LogP contribution in [0.4, 0.5) is 0 Å². The zero-order valence-electron chi connectivity index (χ0n) is 10.8. The Hall–Kier alpha value is -2.24. The maximum absolute atomic E-state index is 11.9. The van der Waals surface area contributed by atoms with Crippen molar-refractivity contribution in [3.05, 3.63) is 23.8 Å². The van der Waals surface area contributed by atoms with Crippen LogP contribution in [0.15, 0.2) is 18.2 Å². The number of rotatable bonds is 5. The number of carboxylic acids is 1. The summed E-state index contributed by atoms with van der Waals surface area (Å²) in [6.45, 7) is 3.62. The van der Waals surface area contributed by atoms with Crippen molar-refractivity contribution in [2.75, 3.05) is 0 Å². The Morgan fingerprint density at radius 1 is 1.21 bits per heavy atom. The summed E-state index contributed by atoms with van der Waals surface area (Å²) < 4.78 is 0. The lowest BCUT2D eigenvalue weighted by molar-refractivity contribution is -0.137. The van der Waals surface area contributed by atoms with E-state index in [-0.39, 0.29) is 23.7 Å². The molecule has 0 heterocycles. The van der Waals surface area contributed by atoms with Gasteiger partial charge in [0.2, 0.25) is 0 Å². The molecule has 4 N–H and O–H groups in total. The molecule has 0 radical (unpaired) electrons. The number of phenolic OH excluding ortho intramolecular Hbond substituents is 2. The molecule has 0 aliphatic heterocycles. The first-order valence-electron chi connectivity index (χ1n) is 5.86. The van der Waals surface area contributed by atoms with E-state index in [2.05, 4.69) is 5.32 Å². The van der Waals surface area contributed by atoms with Gasteiger partial charge in [-0.1, -0.05) is 13.8 Å². The first kappa shape index (κ1) is 14.8. The van der Waals surface area contributed by atoms with Gasteiger partial charge >= 0.3 is 5.97 Å². The number of benzene rings is 1. The molecule has 0 bridgehead atoms. The minimum atomic E-state index is -0.993. The van der Waals surface area contributed by atoms with E-state index in [9.17, 15) is 14.7 Å². The number of hydrogen-bond donors (Lipinski definition) is 4. The second-order valence-electron chi connectivity index (χ2n) is 4.63. The van der Waals surface area contributed by atoms with Crippen molar-refractivity contribution in [2.24, 2.45) is 5.92 Å². The first-order chi connectivity index (χ1) is 8.81. The van der Waals surface area contributed by atoms with E-state index in [1.54, 1.807) is 0 Å². The predicted molar refractivity (Wildman–Crippen MR) is 68.1 cm³/mol. The van der Waals surface area contributed by atoms with Gasteiger partial charge in [-0.3, -0.25) is 9.59 Å². The molecular weight excluding hydrogens is 250 g/mol. The topological polar surface area (TPSA) is 107 Å². The maximum Gasteiger partial charge on any atom is 0.305 e. The Morgan fingerprint density at radius 2 is 1.84 bits per heavy atom. The van der Waals surface area contributed by atoms with Gasteiger partial charge in [-0.25, -0.2) is 0 Å². The number of phenols is 2. The van der Waals surface area contributed by atoms with Crippen LogP contribution in [-0.2, 0) is 4.79 Å². The van der Waals surface area contributed by atoms with Gasteiger partial charge in [0.25, 0.3) is 5.91 Å². The number of hydrogen-bond acceptors (Lipinski definition) is 4. The molecule has 0 spiro atoms. The minimum absolute atomic E-state index is 0.0363. The molecule has 1 aromatic rings. The molecular formula is C13H17NO5. The van der Waals surface area contributed by atoms with Gasteiger partial charge in [0, 0.05) is 11.6 Å². The van der Waals surface area contributed by atoms with Crippen molar-refractivity contribution in [2.45, 2.75) is 26.3 Å². The third-order valence-electron chi connectivity index (χ3n) is 2.75. The van der Waals surface area contributed by atoms with Crippen molar-refractivity contribution in [1.82, 2.24) is 5.32 Å². The van der Waals surface area contributed by atoms with E-state index in [0.29, 0.717) is 0 Å². The van der Waals surface area contributed by atoms with Crippen LogP contribution in [0, 0.1) is 5.92 Å². The molecule has 104 valence electrons. The molecule has 0 saturated carbocycles. The van der Waals surface area contributed by atoms with E-state index >= 15 is 0 Å². The molecule has 1 atom stereocenters. The van der Waals surface area contributed by atoms with Crippen LogP contribution in [0.5, 0.6) is 11.5 Å². The van der Waals surface area contributed by atoms with Crippen LogP contribution in [-0.4, -0.2) is 33.2 Å². The minimum Gasteiger partial charge on any atom is -0.504 e. The fourth-order valence-corrected chi connectivity index (χ4v) is 1.56. The SMILES string of the molecule is CC(C)C(CC(=O)O)NC(=O)c1ccc(O)c(O)c1. The summed E-state index contributed by atoms with van der Waals surface area (Å²) in [5.74, 6) is -2.23. The molecule has 0 aliphatic carbocycles. The Kier molecular flexibility index (Phi) is 4.74. The zero-order chi connectivity index (χ0) is 14.6. The van der Waals surface area contributed by atoms with Crippen molar-refractivity contribution < 1.29 is 24.9 Å². The number of aliphatic carboxylic acids is 1. The highest BCUT2D eigenvalue weighted by atomic mass is 16.4. The van der Waals surface area contributed by atoms with Crippen LogP contribution in [0.25, 0.3) is 0 Å². The quantitative estimate of drug-likeness (QED) is 0.602. The zero-order valence-corrected chi connectivity index (χ0v) is 10.8. The standard InChI is InChI=1S/C13H17NO5/c1-7(2)9(6-12(17)18)14-13(19)8-3-4-10(15)11(16)5-8/h3-5,7,9,15-16H,6H2,1-2H3,(H,14,19)(H,17,18). The van der Waals surface area contributed by atoms with Crippen LogP contribution in [0.3, 0.4) is 0 Å². The Morgan fingerprint density at radius 3 is 2.32 bits per heavy atom. The lowest BCUT2D eigenvalue weighted by Gasteiger charge is -2.20. The van der Waals surface area contributed by atoms with Gasteiger partial charge in [0.1, 0.15) is 0 Å². The summed E-state index contributed by atoms with van der Waals surface area (Å²) >= 11 is 0. The highest BCUT2D eigenvalue weighted by Gasteiger charge is 2.20. The highest BCUT2D eigenvalue weighted by Crippen LogP contribution is 2.24. The Balaban J connectivity index is 2.81. The number of nitrogens with one attached hydrogen (secondary N) is 1. The summed E-state index contributed by atoms with van der Waals surface area (Å²) in [6, 6.07) is 3.18. The monoisotopic (exact) mass is 267 g/mol. The number of carbonyl (C=O) groups excluding carboxylic acids is 1. The van der Waals surface area contributed by atoms with Crippen LogP contribution >= 0.6 is 0 Å². The lowest BCUT2D eigenvalue weighted by atomic mass is 10.0. The van der Waals surface area contributed by atoms with E-state index in [1.165, 1.54) is 12.1 Å². The molecule has 6 nitrogen and oxygen atoms in total. The average molecular weight is 267 g/mol. The number of amides is 1. The van der Waals surface area contributed by atoms with E-state index in [4.69, 9.17) is 10.2 Å². The predicted octanol–water partition coefficient (Wildman–Crippen LogP) is 1.33. The summed E-state index contributed by atoms with van der Waals surface area (Å²) in [5.41, 5.74) is 0.159. The van der Waals surface area contributed by atoms with E-state index in [0.717, 1.165) is 6.07 Å². The Bertz CT molecular complexity index is 484. The number of aromatic hydroxyl groups is 2. The molecule has 0 fully saturated rings. The summed E-state index contributed by atoms with van der Waals surface area (Å²) in [5, 5.41) is 29.8. The second-order valence-corrected chi connectivity index (χ2v) is 4.63. The van der Waals surface area contributed by atoms with Crippen molar-refractivity contribution >= 4 is 11.9 Å². The van der Waals surface area contributed by atoms with Gasteiger partial charge in [0.15, 0.2) is 11.5 Å². The van der Waals surface area contributed by atoms with Gasteiger partial charge < -0.3 is 20.6 Å². The van der Waals surface area contributed by atoms with Crippen molar-refractivity contribution in [3.63, 3.8) is 0 Å². The van der Waals surface area contributed by atoms with Crippen molar-refractivity contribution in [1.29, 1.82) is 0 Å². The molecule has 6 heteroatoms. The van der Waals surface area contributed by atoms with Crippen LogP contribution in [0.1, 0.15) is 30.6 Å². The second kappa shape index (κ2) is 6.08. The maximum atomic E-state index is 11.9. The molecule has 1 amide bonds. The van der Waals surface area contributed by atoms with E-state index < -0.39 is 23.7 Å². The molecule has 0 aliphatic rings.